The van der Waals surface area contributed by atoms with Crippen molar-refractivity contribution in [2.24, 2.45) is 13.0 Å². The molecular weight excluding hydrogens is 312 g/mol. The summed E-state index contributed by atoms with van der Waals surface area (Å²) < 4.78 is 1.82. The number of aromatic nitrogens is 2. The summed E-state index contributed by atoms with van der Waals surface area (Å²) in [4.78, 5) is 15.4. The summed E-state index contributed by atoms with van der Waals surface area (Å²) in [6, 6.07) is 10.9. The zero-order chi connectivity index (χ0) is 17.2. The van der Waals surface area contributed by atoms with E-state index in [1.807, 2.05) is 30.2 Å². The molecule has 3 heterocycles. The van der Waals surface area contributed by atoms with E-state index in [-0.39, 0.29) is 11.8 Å². The highest BCUT2D eigenvalue weighted by Gasteiger charge is 2.40. The van der Waals surface area contributed by atoms with Crippen molar-refractivity contribution in [3.05, 3.63) is 53.9 Å². The Labute approximate surface area is 149 Å². The monoisotopic (exact) mass is 338 g/mol. The maximum atomic E-state index is 13.3. The molecule has 2 aliphatic rings. The second kappa shape index (κ2) is 7.00. The van der Waals surface area contributed by atoms with Gasteiger partial charge in [-0.3, -0.25) is 9.48 Å². The molecule has 5 nitrogen and oxygen atoms in total. The van der Waals surface area contributed by atoms with Gasteiger partial charge in [0.1, 0.15) is 0 Å². The molecule has 132 valence electrons. The van der Waals surface area contributed by atoms with Crippen LogP contribution in [0.3, 0.4) is 0 Å². The van der Waals surface area contributed by atoms with Gasteiger partial charge in [-0.05, 0) is 30.4 Å². The highest BCUT2D eigenvalue weighted by atomic mass is 16.2. The van der Waals surface area contributed by atoms with Crippen molar-refractivity contribution in [1.29, 1.82) is 0 Å². The van der Waals surface area contributed by atoms with Crippen molar-refractivity contribution in [3.8, 4) is 0 Å². The third-order valence-corrected chi connectivity index (χ3v) is 5.66. The van der Waals surface area contributed by atoms with Gasteiger partial charge in [0.15, 0.2) is 0 Å². The summed E-state index contributed by atoms with van der Waals surface area (Å²) in [5.41, 5.74) is 2.49. The Hall–Kier alpha value is -2.14. The van der Waals surface area contributed by atoms with Crippen molar-refractivity contribution in [1.82, 2.24) is 20.0 Å². The van der Waals surface area contributed by atoms with E-state index in [1.165, 1.54) is 11.1 Å². The number of rotatable bonds is 4. The maximum Gasteiger partial charge on any atom is 0.227 e. The number of hydrogen-bond acceptors (Lipinski definition) is 3. The molecule has 5 heteroatoms. The normalized spacial score (nSPS) is 26.3. The molecule has 1 aromatic heterocycles. The molecule has 4 rings (SSSR count). The van der Waals surface area contributed by atoms with E-state index in [4.69, 9.17) is 0 Å². The molecule has 1 N–H and O–H groups in total. The predicted molar refractivity (Wildman–Crippen MR) is 97.2 cm³/mol. The molecule has 2 saturated heterocycles. The molecule has 1 unspecified atom stereocenters. The van der Waals surface area contributed by atoms with Crippen LogP contribution in [-0.4, -0.2) is 46.3 Å². The molecule has 3 atom stereocenters. The van der Waals surface area contributed by atoms with Crippen molar-refractivity contribution < 1.29 is 4.79 Å². The van der Waals surface area contributed by atoms with Crippen LogP contribution in [0.15, 0.2) is 42.7 Å². The topological polar surface area (TPSA) is 50.2 Å². The standard InChI is InChI=1S/C20H26N4O/c1-23-14-16(11-22-23)18-12-21-13-19(18)20(25)24-9-5-8-17(24)10-15-6-3-2-4-7-15/h2-4,6-7,11,14,17-19,21H,5,8-10,12-13H2,1H3/t17?,18-,19+/m1/s1. The van der Waals surface area contributed by atoms with Crippen molar-refractivity contribution in [2.75, 3.05) is 19.6 Å². The average Bonchev–Trinajstić information content (AvgIpc) is 3.35. The van der Waals surface area contributed by atoms with E-state index in [0.29, 0.717) is 11.9 Å². The summed E-state index contributed by atoms with van der Waals surface area (Å²) in [6.45, 7) is 2.53. The molecule has 0 bridgehead atoms. The lowest BCUT2D eigenvalue weighted by Crippen LogP contribution is -2.42. The first-order valence-corrected chi connectivity index (χ1v) is 9.26. The Morgan fingerprint density at radius 2 is 2.12 bits per heavy atom. The van der Waals surface area contributed by atoms with Gasteiger partial charge in [-0.1, -0.05) is 30.3 Å². The number of hydrogen-bond donors (Lipinski definition) is 1. The van der Waals surface area contributed by atoms with Gasteiger partial charge >= 0.3 is 0 Å². The van der Waals surface area contributed by atoms with Crippen molar-refractivity contribution in [2.45, 2.75) is 31.2 Å². The lowest BCUT2D eigenvalue weighted by atomic mass is 9.89. The van der Waals surface area contributed by atoms with Crippen LogP contribution in [0.25, 0.3) is 0 Å². The predicted octanol–water partition coefficient (Wildman–Crippen LogP) is 1.96. The van der Waals surface area contributed by atoms with Crippen LogP contribution in [0.5, 0.6) is 0 Å². The fourth-order valence-electron chi connectivity index (χ4n) is 4.36. The van der Waals surface area contributed by atoms with Crippen LogP contribution in [-0.2, 0) is 18.3 Å². The van der Waals surface area contributed by atoms with Crippen LogP contribution < -0.4 is 5.32 Å². The van der Waals surface area contributed by atoms with Gasteiger partial charge in [-0.15, -0.1) is 0 Å². The van der Waals surface area contributed by atoms with Crippen LogP contribution in [0.1, 0.15) is 29.9 Å². The van der Waals surface area contributed by atoms with Gasteiger partial charge in [-0.2, -0.15) is 5.10 Å². The van der Waals surface area contributed by atoms with E-state index < -0.39 is 0 Å². The molecule has 25 heavy (non-hydrogen) atoms. The Kier molecular flexibility index (Phi) is 4.57. The highest BCUT2D eigenvalue weighted by Crippen LogP contribution is 2.32. The van der Waals surface area contributed by atoms with Gasteiger partial charge in [0.05, 0.1) is 12.1 Å². The molecule has 2 fully saturated rings. The number of likely N-dealkylation sites (tertiary alicyclic amines) is 1. The third-order valence-electron chi connectivity index (χ3n) is 5.66. The molecule has 0 aliphatic carbocycles. The summed E-state index contributed by atoms with van der Waals surface area (Å²) in [7, 11) is 1.93. The zero-order valence-corrected chi connectivity index (χ0v) is 14.8. The van der Waals surface area contributed by atoms with Crippen LogP contribution >= 0.6 is 0 Å². The first-order valence-electron chi connectivity index (χ1n) is 9.26. The van der Waals surface area contributed by atoms with E-state index >= 15 is 0 Å². The number of benzene rings is 1. The van der Waals surface area contributed by atoms with E-state index in [1.54, 1.807) is 0 Å². The molecular formula is C20H26N4O. The number of carbonyl (C=O) groups excluding carboxylic acids is 1. The minimum absolute atomic E-state index is 0.0283. The smallest absolute Gasteiger partial charge is 0.227 e. The number of amides is 1. The second-order valence-electron chi connectivity index (χ2n) is 7.34. The third kappa shape index (κ3) is 3.33. The number of nitrogens with one attached hydrogen (secondary N) is 1. The molecule has 2 aromatic rings. The maximum absolute atomic E-state index is 13.3. The highest BCUT2D eigenvalue weighted by molar-refractivity contribution is 5.81. The summed E-state index contributed by atoms with van der Waals surface area (Å²) in [5, 5.41) is 7.70. The van der Waals surface area contributed by atoms with Crippen molar-refractivity contribution in [3.63, 3.8) is 0 Å². The van der Waals surface area contributed by atoms with Gasteiger partial charge in [0.2, 0.25) is 5.91 Å². The molecule has 1 aromatic carbocycles. The minimum atomic E-state index is 0.0283. The number of carbonyl (C=O) groups is 1. The second-order valence-corrected chi connectivity index (χ2v) is 7.34. The molecule has 1 amide bonds. The van der Waals surface area contributed by atoms with Crippen LogP contribution in [0.2, 0.25) is 0 Å². The zero-order valence-electron chi connectivity index (χ0n) is 14.8. The summed E-state index contributed by atoms with van der Waals surface area (Å²) >= 11 is 0. The Bertz CT molecular complexity index is 726. The molecule has 0 spiro atoms. The quantitative estimate of drug-likeness (QED) is 0.927. The van der Waals surface area contributed by atoms with Crippen molar-refractivity contribution >= 4 is 5.91 Å². The molecule has 0 radical (unpaired) electrons. The Morgan fingerprint density at radius 1 is 1.28 bits per heavy atom. The van der Waals surface area contributed by atoms with Gasteiger partial charge < -0.3 is 10.2 Å². The lowest BCUT2D eigenvalue weighted by molar-refractivity contribution is -0.136. The average molecular weight is 338 g/mol. The Balaban J connectivity index is 1.49. The SMILES string of the molecule is Cn1cc([C@H]2CNC[C@@H]2C(=O)N2CCCC2Cc2ccccc2)cn1. The minimum Gasteiger partial charge on any atom is -0.339 e. The van der Waals surface area contributed by atoms with E-state index in [9.17, 15) is 4.79 Å². The first kappa shape index (κ1) is 16.3. The fraction of sp³-hybridized carbons (Fsp3) is 0.500. The van der Waals surface area contributed by atoms with E-state index in [0.717, 1.165) is 38.9 Å². The summed E-state index contributed by atoms with van der Waals surface area (Å²) in [6.07, 6.45) is 7.14. The number of nitrogens with zero attached hydrogens (tertiary/aromatic N) is 3. The molecule has 0 saturated carbocycles. The van der Waals surface area contributed by atoms with Crippen LogP contribution in [0.4, 0.5) is 0 Å². The largest absolute Gasteiger partial charge is 0.339 e. The van der Waals surface area contributed by atoms with Crippen LogP contribution in [0, 0.1) is 5.92 Å². The summed E-state index contributed by atoms with van der Waals surface area (Å²) in [5.74, 6) is 0.581. The van der Waals surface area contributed by atoms with E-state index in [2.05, 4.69) is 39.6 Å². The lowest BCUT2D eigenvalue weighted by Gasteiger charge is -2.29. The van der Waals surface area contributed by atoms with Gasteiger partial charge in [-0.25, -0.2) is 0 Å². The molecule has 2 aliphatic heterocycles. The van der Waals surface area contributed by atoms with Gasteiger partial charge in [0.25, 0.3) is 0 Å². The Morgan fingerprint density at radius 3 is 2.88 bits per heavy atom. The first-order chi connectivity index (χ1) is 12.2. The van der Waals surface area contributed by atoms with Gasteiger partial charge in [0, 0.05) is 44.8 Å². The number of aryl methyl sites for hydroxylation is 1. The fourth-order valence-corrected chi connectivity index (χ4v) is 4.36.